The highest BCUT2D eigenvalue weighted by Crippen LogP contribution is 2.11. The van der Waals surface area contributed by atoms with Crippen molar-refractivity contribution in [3.63, 3.8) is 0 Å². The van der Waals surface area contributed by atoms with E-state index in [4.69, 9.17) is 9.47 Å². The lowest BCUT2D eigenvalue weighted by Crippen LogP contribution is -2.22. The van der Waals surface area contributed by atoms with Crippen LogP contribution in [0.1, 0.15) is 18.0 Å². The highest BCUT2D eigenvalue weighted by atomic mass is 16.5. The molecule has 0 aliphatic heterocycles. The number of likely N-dealkylation sites (N-methyl/N-ethyl adjacent to an activating group) is 1. The molecular weight excluding hydrogens is 202 g/mol. The van der Waals surface area contributed by atoms with E-state index in [1.165, 1.54) is 5.56 Å². The molecule has 90 valence electrons. The van der Waals surface area contributed by atoms with Crippen LogP contribution in [0.25, 0.3) is 0 Å². The number of rotatable bonds is 8. The van der Waals surface area contributed by atoms with E-state index in [1.807, 2.05) is 25.2 Å². The molecule has 0 saturated carbocycles. The number of hydrogen-bond acceptors (Lipinski definition) is 3. The van der Waals surface area contributed by atoms with E-state index in [2.05, 4.69) is 17.4 Å². The van der Waals surface area contributed by atoms with Gasteiger partial charge in [-0.15, -0.1) is 0 Å². The van der Waals surface area contributed by atoms with Gasteiger partial charge < -0.3 is 14.8 Å². The van der Waals surface area contributed by atoms with Crippen molar-refractivity contribution < 1.29 is 9.47 Å². The molecule has 1 N–H and O–H groups in total. The minimum absolute atomic E-state index is 0.267. The first-order valence-corrected chi connectivity index (χ1v) is 5.67. The van der Waals surface area contributed by atoms with E-state index in [0.717, 1.165) is 19.6 Å². The molecule has 3 nitrogen and oxygen atoms in total. The molecule has 0 heterocycles. The zero-order chi connectivity index (χ0) is 11.6. The van der Waals surface area contributed by atoms with Crippen molar-refractivity contribution >= 4 is 0 Å². The molecule has 0 aliphatic carbocycles. The fourth-order valence-electron chi connectivity index (χ4n) is 1.54. The summed E-state index contributed by atoms with van der Waals surface area (Å²) >= 11 is 0. The average Bonchev–Trinajstić information content (AvgIpc) is 2.35. The second-order valence-corrected chi connectivity index (χ2v) is 3.67. The number of methoxy groups -OCH3 is 1. The second-order valence-electron chi connectivity index (χ2n) is 3.67. The SMILES string of the molecule is CNC(COCCCOC)c1ccccc1. The summed E-state index contributed by atoms with van der Waals surface area (Å²) in [7, 11) is 3.66. The summed E-state index contributed by atoms with van der Waals surface area (Å²) in [4.78, 5) is 0. The third-order valence-electron chi connectivity index (χ3n) is 2.47. The smallest absolute Gasteiger partial charge is 0.0661 e. The van der Waals surface area contributed by atoms with Gasteiger partial charge in [0.1, 0.15) is 0 Å². The molecule has 0 aromatic heterocycles. The van der Waals surface area contributed by atoms with Crippen molar-refractivity contribution in [2.45, 2.75) is 12.5 Å². The summed E-state index contributed by atoms with van der Waals surface area (Å²) in [6.45, 7) is 2.21. The van der Waals surface area contributed by atoms with Crippen LogP contribution in [0.5, 0.6) is 0 Å². The first-order valence-electron chi connectivity index (χ1n) is 5.67. The van der Waals surface area contributed by atoms with Gasteiger partial charge in [0.15, 0.2) is 0 Å². The van der Waals surface area contributed by atoms with Crippen molar-refractivity contribution in [1.82, 2.24) is 5.32 Å². The van der Waals surface area contributed by atoms with Gasteiger partial charge in [-0.2, -0.15) is 0 Å². The van der Waals surface area contributed by atoms with E-state index in [-0.39, 0.29) is 6.04 Å². The van der Waals surface area contributed by atoms with Crippen molar-refractivity contribution in [2.24, 2.45) is 0 Å². The Labute approximate surface area is 97.8 Å². The van der Waals surface area contributed by atoms with Gasteiger partial charge in [0.2, 0.25) is 0 Å². The first kappa shape index (κ1) is 13.2. The Kier molecular flexibility index (Phi) is 6.81. The van der Waals surface area contributed by atoms with Gasteiger partial charge in [-0.05, 0) is 19.0 Å². The lowest BCUT2D eigenvalue weighted by atomic mass is 10.1. The normalized spacial score (nSPS) is 12.6. The molecule has 1 unspecified atom stereocenters. The number of nitrogens with one attached hydrogen (secondary N) is 1. The van der Waals surface area contributed by atoms with E-state index >= 15 is 0 Å². The maximum absolute atomic E-state index is 5.60. The van der Waals surface area contributed by atoms with Gasteiger partial charge in [-0.3, -0.25) is 0 Å². The summed E-state index contributed by atoms with van der Waals surface area (Å²) in [6.07, 6.45) is 0.946. The first-order chi connectivity index (χ1) is 7.88. The molecule has 16 heavy (non-hydrogen) atoms. The summed E-state index contributed by atoms with van der Waals surface area (Å²) in [5.74, 6) is 0. The van der Waals surface area contributed by atoms with Crippen LogP contribution in [0.15, 0.2) is 30.3 Å². The maximum atomic E-state index is 5.60. The van der Waals surface area contributed by atoms with Gasteiger partial charge >= 0.3 is 0 Å². The van der Waals surface area contributed by atoms with Crippen LogP contribution < -0.4 is 5.32 Å². The molecule has 0 radical (unpaired) electrons. The molecule has 0 fully saturated rings. The van der Waals surface area contributed by atoms with Crippen molar-refractivity contribution in [3.05, 3.63) is 35.9 Å². The molecule has 1 aromatic carbocycles. The predicted molar refractivity (Wildman–Crippen MR) is 65.6 cm³/mol. The largest absolute Gasteiger partial charge is 0.385 e. The standard InChI is InChI=1S/C13H21NO2/c1-14-13(11-16-10-6-9-15-2)12-7-4-3-5-8-12/h3-5,7-8,13-14H,6,9-11H2,1-2H3. The summed E-state index contributed by atoms with van der Waals surface area (Å²) < 4.78 is 10.6. The van der Waals surface area contributed by atoms with E-state index < -0.39 is 0 Å². The minimum Gasteiger partial charge on any atom is -0.385 e. The van der Waals surface area contributed by atoms with E-state index in [0.29, 0.717) is 6.61 Å². The summed E-state index contributed by atoms with van der Waals surface area (Å²) in [5, 5.41) is 3.25. The zero-order valence-electron chi connectivity index (χ0n) is 10.1. The molecule has 3 heteroatoms. The molecule has 0 aliphatic rings. The van der Waals surface area contributed by atoms with Crippen molar-refractivity contribution in [1.29, 1.82) is 0 Å². The molecule has 0 spiro atoms. The lowest BCUT2D eigenvalue weighted by Gasteiger charge is -2.16. The van der Waals surface area contributed by atoms with E-state index in [1.54, 1.807) is 7.11 Å². The minimum atomic E-state index is 0.267. The number of hydrogen-bond donors (Lipinski definition) is 1. The van der Waals surface area contributed by atoms with Crippen molar-refractivity contribution in [3.8, 4) is 0 Å². The van der Waals surface area contributed by atoms with Gasteiger partial charge in [0.25, 0.3) is 0 Å². The molecule has 0 amide bonds. The van der Waals surface area contributed by atoms with Crippen LogP contribution in [0.3, 0.4) is 0 Å². The molecular formula is C13H21NO2. The Bertz CT molecular complexity index is 264. The van der Waals surface area contributed by atoms with Crippen LogP contribution >= 0.6 is 0 Å². The second kappa shape index (κ2) is 8.28. The fourth-order valence-corrected chi connectivity index (χ4v) is 1.54. The third-order valence-corrected chi connectivity index (χ3v) is 2.47. The average molecular weight is 223 g/mol. The number of benzene rings is 1. The van der Waals surface area contributed by atoms with Crippen molar-refractivity contribution in [2.75, 3.05) is 34.0 Å². The Hall–Kier alpha value is -0.900. The van der Waals surface area contributed by atoms with Crippen LogP contribution in [0.2, 0.25) is 0 Å². The zero-order valence-corrected chi connectivity index (χ0v) is 10.1. The monoisotopic (exact) mass is 223 g/mol. The molecule has 0 bridgehead atoms. The van der Waals surface area contributed by atoms with Crippen LogP contribution in [-0.4, -0.2) is 34.0 Å². The predicted octanol–water partition coefficient (Wildman–Crippen LogP) is 2.00. The summed E-state index contributed by atoms with van der Waals surface area (Å²) in [5.41, 5.74) is 1.26. The van der Waals surface area contributed by atoms with Gasteiger partial charge in [0.05, 0.1) is 12.6 Å². The highest BCUT2D eigenvalue weighted by Gasteiger charge is 2.07. The fraction of sp³-hybridized carbons (Fsp3) is 0.538. The van der Waals surface area contributed by atoms with Crippen LogP contribution in [0, 0.1) is 0 Å². The van der Waals surface area contributed by atoms with Gasteiger partial charge in [0, 0.05) is 20.3 Å². The summed E-state index contributed by atoms with van der Waals surface area (Å²) in [6, 6.07) is 10.6. The maximum Gasteiger partial charge on any atom is 0.0661 e. The van der Waals surface area contributed by atoms with E-state index in [9.17, 15) is 0 Å². The molecule has 1 atom stereocenters. The highest BCUT2D eigenvalue weighted by molar-refractivity contribution is 5.18. The quantitative estimate of drug-likeness (QED) is 0.684. The topological polar surface area (TPSA) is 30.5 Å². The number of ether oxygens (including phenoxy) is 2. The van der Waals surface area contributed by atoms with Crippen LogP contribution in [0.4, 0.5) is 0 Å². The third kappa shape index (κ3) is 4.75. The Morgan fingerprint density at radius 3 is 2.56 bits per heavy atom. The Balaban J connectivity index is 2.27. The van der Waals surface area contributed by atoms with Gasteiger partial charge in [-0.1, -0.05) is 30.3 Å². The lowest BCUT2D eigenvalue weighted by molar-refractivity contribution is 0.0889. The Morgan fingerprint density at radius 1 is 1.19 bits per heavy atom. The molecule has 1 rings (SSSR count). The molecule has 1 aromatic rings. The van der Waals surface area contributed by atoms with Crippen LogP contribution in [-0.2, 0) is 9.47 Å². The molecule has 0 saturated heterocycles. The van der Waals surface area contributed by atoms with Gasteiger partial charge in [-0.25, -0.2) is 0 Å². The Morgan fingerprint density at radius 2 is 1.94 bits per heavy atom.